The van der Waals surface area contributed by atoms with Gasteiger partial charge in [0.25, 0.3) is 5.91 Å². The van der Waals surface area contributed by atoms with E-state index in [4.69, 9.17) is 16.3 Å². The van der Waals surface area contributed by atoms with E-state index in [0.717, 1.165) is 10.3 Å². The molecule has 1 N–H and O–H groups in total. The quantitative estimate of drug-likeness (QED) is 0.203. The van der Waals surface area contributed by atoms with Gasteiger partial charge in [-0.2, -0.15) is 0 Å². The van der Waals surface area contributed by atoms with E-state index >= 15 is 0 Å². The van der Waals surface area contributed by atoms with Crippen molar-refractivity contribution in [1.29, 1.82) is 0 Å². The number of nitrogens with zero attached hydrogens (tertiary/aromatic N) is 2. The number of hydrogen-bond acceptors (Lipinski definition) is 6. The second kappa shape index (κ2) is 10.8. The second-order valence-electron chi connectivity index (χ2n) is 9.04. The van der Waals surface area contributed by atoms with Crippen LogP contribution in [0.15, 0.2) is 121 Å². The molecule has 0 fully saturated rings. The van der Waals surface area contributed by atoms with Crippen molar-refractivity contribution in [3.05, 3.63) is 137 Å². The van der Waals surface area contributed by atoms with Gasteiger partial charge < -0.3 is 9.84 Å². The van der Waals surface area contributed by atoms with E-state index in [1.54, 1.807) is 48.5 Å². The van der Waals surface area contributed by atoms with Crippen molar-refractivity contribution in [2.45, 2.75) is 6.04 Å². The number of aromatic nitrogens is 1. The highest BCUT2D eigenvalue weighted by Crippen LogP contribution is 2.44. The van der Waals surface area contributed by atoms with Crippen molar-refractivity contribution in [2.75, 3.05) is 4.90 Å². The average Bonchev–Trinajstić information content (AvgIpc) is 3.50. The lowest BCUT2D eigenvalue weighted by atomic mass is 9.95. The van der Waals surface area contributed by atoms with Gasteiger partial charge in [0.1, 0.15) is 11.5 Å². The van der Waals surface area contributed by atoms with E-state index < -0.39 is 23.5 Å². The maximum absolute atomic E-state index is 13.6. The Balaban J connectivity index is 1.44. The number of amides is 1. The summed E-state index contributed by atoms with van der Waals surface area (Å²) in [6.07, 6.45) is 3.02. The van der Waals surface area contributed by atoms with Gasteiger partial charge in [-0.1, -0.05) is 89.7 Å². The summed E-state index contributed by atoms with van der Waals surface area (Å²) in [5.74, 6) is -0.645. The molecule has 0 saturated heterocycles. The van der Waals surface area contributed by atoms with E-state index in [9.17, 15) is 14.7 Å². The summed E-state index contributed by atoms with van der Waals surface area (Å²) in [7, 11) is 0. The lowest BCUT2D eigenvalue weighted by Crippen LogP contribution is -2.30. The van der Waals surface area contributed by atoms with Gasteiger partial charge in [0.2, 0.25) is 0 Å². The van der Waals surface area contributed by atoms with Crippen LogP contribution in [0, 0.1) is 0 Å². The molecule has 2 heterocycles. The van der Waals surface area contributed by atoms with Gasteiger partial charge in [0.05, 0.1) is 21.8 Å². The molecule has 4 aromatic carbocycles. The third kappa shape index (κ3) is 5.00. The topological polar surface area (TPSA) is 79.7 Å². The number of carbonyl (C=O) groups is 2. The molecular weight excluding hydrogens is 544 g/mol. The maximum Gasteiger partial charge on any atom is 0.296 e. The number of allylic oxidation sites excluding steroid dienone is 1. The molecule has 196 valence electrons. The molecule has 1 aliphatic heterocycles. The summed E-state index contributed by atoms with van der Waals surface area (Å²) in [6.45, 7) is 0. The zero-order valence-corrected chi connectivity index (χ0v) is 22.5. The first kappa shape index (κ1) is 25.6. The van der Waals surface area contributed by atoms with Crippen molar-refractivity contribution in [3.63, 3.8) is 0 Å². The van der Waals surface area contributed by atoms with Gasteiger partial charge in [-0.05, 0) is 59.7 Å². The number of thiazole rings is 1. The summed E-state index contributed by atoms with van der Waals surface area (Å²) in [6, 6.07) is 30.1. The molecule has 1 atom stereocenters. The molecule has 6 rings (SSSR count). The molecule has 1 amide bonds. The number of para-hydroxylation sites is 1. The Morgan fingerprint density at radius 2 is 1.65 bits per heavy atom. The van der Waals surface area contributed by atoms with Crippen LogP contribution < -0.4 is 9.64 Å². The first-order valence-electron chi connectivity index (χ1n) is 12.4. The Morgan fingerprint density at radius 3 is 2.42 bits per heavy atom. The van der Waals surface area contributed by atoms with Crippen molar-refractivity contribution in [3.8, 4) is 11.5 Å². The average molecular weight is 565 g/mol. The second-order valence-corrected chi connectivity index (χ2v) is 10.5. The molecule has 8 heteroatoms. The lowest BCUT2D eigenvalue weighted by Gasteiger charge is -2.24. The molecular formula is C32H21ClN2O4S. The minimum Gasteiger partial charge on any atom is -0.503 e. The molecule has 0 bridgehead atoms. The fraction of sp³-hybridized carbons (Fsp3) is 0.0312. The van der Waals surface area contributed by atoms with E-state index in [1.165, 1.54) is 22.3 Å². The highest BCUT2D eigenvalue weighted by molar-refractivity contribution is 7.22. The number of benzene rings is 4. The molecule has 0 saturated carbocycles. The predicted octanol–water partition coefficient (Wildman–Crippen LogP) is 7.92. The molecule has 5 aromatic rings. The monoisotopic (exact) mass is 564 g/mol. The zero-order chi connectivity index (χ0) is 27.6. The van der Waals surface area contributed by atoms with E-state index in [-0.39, 0.29) is 5.57 Å². The SMILES string of the molecule is O=C(/C=C/c1ccccc1)C1=C(O)C(=O)N(c2nc3ccc(Cl)cc3s2)C1c1cccc(Oc2ccccc2)c1. The Hall–Kier alpha value is -4.72. The molecule has 0 aliphatic carbocycles. The minimum atomic E-state index is -0.934. The van der Waals surface area contributed by atoms with Crippen LogP contribution in [-0.2, 0) is 9.59 Å². The Bertz CT molecular complexity index is 1800. The summed E-state index contributed by atoms with van der Waals surface area (Å²) >= 11 is 7.44. The molecule has 6 nitrogen and oxygen atoms in total. The first-order valence-corrected chi connectivity index (χ1v) is 13.6. The highest BCUT2D eigenvalue weighted by Gasteiger charge is 2.45. The van der Waals surface area contributed by atoms with Crippen LogP contribution in [0.2, 0.25) is 5.02 Å². The Labute approximate surface area is 239 Å². The van der Waals surface area contributed by atoms with Crippen molar-refractivity contribution < 1.29 is 19.4 Å². The van der Waals surface area contributed by atoms with Crippen LogP contribution in [0.3, 0.4) is 0 Å². The summed E-state index contributed by atoms with van der Waals surface area (Å²) < 4.78 is 6.80. The largest absolute Gasteiger partial charge is 0.503 e. The van der Waals surface area contributed by atoms with Crippen LogP contribution in [0.5, 0.6) is 11.5 Å². The van der Waals surface area contributed by atoms with Crippen LogP contribution in [0.1, 0.15) is 17.2 Å². The number of aliphatic hydroxyl groups excluding tert-OH is 1. The van der Waals surface area contributed by atoms with Crippen molar-refractivity contribution in [1.82, 2.24) is 4.98 Å². The zero-order valence-electron chi connectivity index (χ0n) is 20.9. The van der Waals surface area contributed by atoms with Gasteiger partial charge in [0, 0.05) is 5.02 Å². The molecule has 1 aromatic heterocycles. The lowest BCUT2D eigenvalue weighted by molar-refractivity contribution is -0.117. The van der Waals surface area contributed by atoms with Gasteiger partial charge in [0.15, 0.2) is 16.7 Å². The Kier molecular flexibility index (Phi) is 6.90. The fourth-order valence-corrected chi connectivity index (χ4v) is 5.83. The van der Waals surface area contributed by atoms with Gasteiger partial charge in [-0.15, -0.1) is 0 Å². The van der Waals surface area contributed by atoms with Gasteiger partial charge in [-0.3, -0.25) is 14.5 Å². The number of halogens is 1. The van der Waals surface area contributed by atoms with Gasteiger partial charge >= 0.3 is 0 Å². The number of aliphatic hydroxyl groups is 1. The molecule has 1 aliphatic rings. The number of anilines is 1. The van der Waals surface area contributed by atoms with Crippen LogP contribution in [-0.4, -0.2) is 21.8 Å². The van der Waals surface area contributed by atoms with Gasteiger partial charge in [-0.25, -0.2) is 4.98 Å². The predicted molar refractivity (Wildman–Crippen MR) is 158 cm³/mol. The highest BCUT2D eigenvalue weighted by atomic mass is 35.5. The molecule has 1 unspecified atom stereocenters. The molecule has 0 radical (unpaired) electrons. The number of hydrogen-bond donors (Lipinski definition) is 1. The van der Waals surface area contributed by atoms with Crippen LogP contribution >= 0.6 is 22.9 Å². The number of fused-ring (bicyclic) bond motifs is 1. The minimum absolute atomic E-state index is 0.0358. The fourth-order valence-electron chi connectivity index (χ4n) is 4.56. The molecule has 40 heavy (non-hydrogen) atoms. The van der Waals surface area contributed by atoms with Crippen molar-refractivity contribution in [2.24, 2.45) is 0 Å². The summed E-state index contributed by atoms with van der Waals surface area (Å²) in [5.41, 5.74) is 2.02. The number of ketones is 1. The first-order chi connectivity index (χ1) is 19.5. The number of carbonyl (C=O) groups excluding carboxylic acids is 2. The van der Waals surface area contributed by atoms with Crippen molar-refractivity contribution >= 4 is 56.1 Å². The standard InChI is InChI=1S/C32H21ClN2O4S/c33-22-15-16-25-27(19-22)40-32(34-25)35-29(21-10-7-13-24(18-21)39-23-11-5-2-6-12-23)28(30(37)31(35)38)26(36)17-14-20-8-3-1-4-9-20/h1-19,29,37H/b17-14+. The third-order valence-corrected chi connectivity index (χ3v) is 7.65. The van der Waals surface area contributed by atoms with E-state index in [2.05, 4.69) is 4.98 Å². The summed E-state index contributed by atoms with van der Waals surface area (Å²) in [5, 5.41) is 11.9. The van der Waals surface area contributed by atoms with Crippen LogP contribution in [0.4, 0.5) is 5.13 Å². The smallest absolute Gasteiger partial charge is 0.296 e. The number of rotatable bonds is 7. The molecule has 0 spiro atoms. The Morgan fingerprint density at radius 1 is 0.925 bits per heavy atom. The van der Waals surface area contributed by atoms with Crippen LogP contribution in [0.25, 0.3) is 16.3 Å². The summed E-state index contributed by atoms with van der Waals surface area (Å²) in [4.78, 5) is 33.1. The normalized spacial score (nSPS) is 15.4. The van der Waals surface area contributed by atoms with E-state index in [0.29, 0.717) is 32.7 Å². The third-order valence-electron chi connectivity index (χ3n) is 6.40. The maximum atomic E-state index is 13.6. The number of ether oxygens (including phenoxy) is 1. The van der Waals surface area contributed by atoms with E-state index in [1.807, 2.05) is 60.7 Å².